The number of hydrogen-bond donors (Lipinski definition) is 2. The van der Waals surface area contributed by atoms with Gasteiger partial charge in [-0.15, -0.1) is 0 Å². The molecule has 1 atom stereocenters. The van der Waals surface area contributed by atoms with Crippen molar-refractivity contribution in [3.63, 3.8) is 0 Å². The van der Waals surface area contributed by atoms with Crippen LogP contribution in [0.3, 0.4) is 0 Å². The first kappa shape index (κ1) is 15.1. The summed E-state index contributed by atoms with van der Waals surface area (Å²) in [5.74, 6) is -1.41. The highest BCUT2D eigenvalue weighted by Crippen LogP contribution is 2.19. The zero-order valence-electron chi connectivity index (χ0n) is 10.9. The number of hydrogen-bond acceptors (Lipinski definition) is 2. The van der Waals surface area contributed by atoms with E-state index in [1.165, 1.54) is 12.1 Å². The second kappa shape index (κ2) is 7.51. The Labute approximate surface area is 111 Å². The van der Waals surface area contributed by atoms with Crippen molar-refractivity contribution < 1.29 is 19.1 Å². The fourth-order valence-corrected chi connectivity index (χ4v) is 1.75. The number of carbonyl (C=O) groups excluding carboxylic acids is 1. The maximum atomic E-state index is 13.0. The van der Waals surface area contributed by atoms with Crippen molar-refractivity contribution in [2.24, 2.45) is 0 Å². The molecule has 104 valence electrons. The van der Waals surface area contributed by atoms with E-state index in [1.807, 2.05) is 6.92 Å². The maximum Gasteiger partial charge on any atom is 0.303 e. The van der Waals surface area contributed by atoms with Gasteiger partial charge in [0.2, 0.25) is 5.91 Å². The van der Waals surface area contributed by atoms with E-state index in [9.17, 15) is 14.0 Å². The molecule has 0 aliphatic carbocycles. The lowest BCUT2D eigenvalue weighted by Crippen LogP contribution is -2.26. The van der Waals surface area contributed by atoms with Gasteiger partial charge in [-0.05, 0) is 30.0 Å². The summed E-state index contributed by atoms with van der Waals surface area (Å²) >= 11 is 0. The molecule has 1 rings (SSSR count). The van der Waals surface area contributed by atoms with Gasteiger partial charge in [0, 0.05) is 19.4 Å². The molecule has 0 radical (unpaired) electrons. The van der Waals surface area contributed by atoms with Crippen molar-refractivity contribution in [3.05, 3.63) is 35.6 Å². The Hall–Kier alpha value is -1.91. The van der Waals surface area contributed by atoms with E-state index < -0.39 is 5.97 Å². The first-order valence-corrected chi connectivity index (χ1v) is 6.23. The van der Waals surface area contributed by atoms with Gasteiger partial charge >= 0.3 is 5.97 Å². The van der Waals surface area contributed by atoms with Crippen molar-refractivity contribution in [2.45, 2.75) is 32.1 Å². The first-order chi connectivity index (χ1) is 8.99. The lowest BCUT2D eigenvalue weighted by molar-refractivity contribution is -0.137. The molecule has 1 aromatic carbocycles. The maximum absolute atomic E-state index is 13.0. The highest BCUT2D eigenvalue weighted by atomic mass is 19.1. The number of carbonyl (C=O) groups is 2. The van der Waals surface area contributed by atoms with Gasteiger partial charge in [0.25, 0.3) is 0 Å². The number of nitrogens with one attached hydrogen (secondary N) is 1. The SMILES string of the molecule is CC(CC(=O)NCCCC(=O)O)c1cccc(F)c1. The summed E-state index contributed by atoms with van der Waals surface area (Å²) in [7, 11) is 0. The molecule has 0 fully saturated rings. The van der Waals surface area contributed by atoms with E-state index in [0.29, 0.717) is 13.0 Å². The molecule has 5 heteroatoms. The first-order valence-electron chi connectivity index (χ1n) is 6.23. The molecular formula is C14H18FNO3. The molecule has 0 aliphatic rings. The van der Waals surface area contributed by atoms with Crippen molar-refractivity contribution in [1.29, 1.82) is 0 Å². The summed E-state index contributed by atoms with van der Waals surface area (Å²) in [5.41, 5.74) is 0.778. The molecule has 0 saturated heterocycles. The van der Waals surface area contributed by atoms with Gasteiger partial charge < -0.3 is 10.4 Å². The highest BCUT2D eigenvalue weighted by molar-refractivity contribution is 5.76. The van der Waals surface area contributed by atoms with Crippen LogP contribution in [0.15, 0.2) is 24.3 Å². The third-order valence-electron chi connectivity index (χ3n) is 2.80. The van der Waals surface area contributed by atoms with Gasteiger partial charge in [-0.3, -0.25) is 9.59 Å². The molecule has 0 saturated carbocycles. The van der Waals surface area contributed by atoms with E-state index in [0.717, 1.165) is 5.56 Å². The summed E-state index contributed by atoms with van der Waals surface area (Å²) in [6, 6.07) is 6.18. The monoisotopic (exact) mass is 267 g/mol. The third kappa shape index (κ3) is 5.99. The number of aliphatic carboxylic acids is 1. The van der Waals surface area contributed by atoms with Gasteiger partial charge in [0.05, 0.1) is 0 Å². The average molecular weight is 267 g/mol. The normalized spacial score (nSPS) is 11.9. The van der Waals surface area contributed by atoms with Gasteiger partial charge in [0.15, 0.2) is 0 Å². The number of carboxylic acid groups (broad SMARTS) is 1. The van der Waals surface area contributed by atoms with E-state index in [4.69, 9.17) is 5.11 Å². The molecule has 0 aliphatic heterocycles. The minimum absolute atomic E-state index is 0.0414. The Morgan fingerprint density at radius 3 is 2.79 bits per heavy atom. The van der Waals surface area contributed by atoms with Gasteiger partial charge in [-0.2, -0.15) is 0 Å². The smallest absolute Gasteiger partial charge is 0.303 e. The zero-order chi connectivity index (χ0) is 14.3. The van der Waals surface area contributed by atoms with Crippen LogP contribution in [0.25, 0.3) is 0 Å². The van der Waals surface area contributed by atoms with Crippen LogP contribution in [0.5, 0.6) is 0 Å². The molecule has 1 unspecified atom stereocenters. The summed E-state index contributed by atoms with van der Waals surface area (Å²) in [4.78, 5) is 21.9. The van der Waals surface area contributed by atoms with Crippen molar-refractivity contribution in [3.8, 4) is 0 Å². The molecule has 0 bridgehead atoms. The molecule has 4 nitrogen and oxygen atoms in total. The number of carboxylic acids is 1. The topological polar surface area (TPSA) is 66.4 Å². The average Bonchev–Trinajstić information content (AvgIpc) is 2.34. The molecule has 0 spiro atoms. The molecule has 1 amide bonds. The molecule has 0 heterocycles. The standard InChI is InChI=1S/C14H18FNO3/c1-10(11-4-2-5-12(15)9-11)8-13(17)16-7-3-6-14(18)19/h2,4-5,9-10H,3,6-8H2,1H3,(H,16,17)(H,18,19). The Morgan fingerprint density at radius 1 is 1.42 bits per heavy atom. The van der Waals surface area contributed by atoms with E-state index in [1.54, 1.807) is 12.1 Å². The molecule has 0 aromatic heterocycles. The molecule has 2 N–H and O–H groups in total. The molecule has 19 heavy (non-hydrogen) atoms. The lowest BCUT2D eigenvalue weighted by Gasteiger charge is -2.12. The number of halogens is 1. The second-order valence-electron chi connectivity index (χ2n) is 4.51. The predicted molar refractivity (Wildman–Crippen MR) is 69.3 cm³/mol. The van der Waals surface area contributed by atoms with Crippen molar-refractivity contribution in [1.82, 2.24) is 5.32 Å². The Kier molecular flexibility index (Phi) is 5.99. The number of amides is 1. The van der Waals surface area contributed by atoms with Gasteiger partial charge in [-0.1, -0.05) is 19.1 Å². The Morgan fingerprint density at radius 2 is 2.16 bits per heavy atom. The van der Waals surface area contributed by atoms with E-state index in [2.05, 4.69) is 5.32 Å². The minimum Gasteiger partial charge on any atom is -0.481 e. The second-order valence-corrected chi connectivity index (χ2v) is 4.51. The Bertz CT molecular complexity index is 448. The van der Waals surface area contributed by atoms with Crippen LogP contribution in [0.2, 0.25) is 0 Å². The van der Waals surface area contributed by atoms with Crippen LogP contribution < -0.4 is 5.32 Å². The van der Waals surface area contributed by atoms with E-state index in [-0.39, 0.29) is 30.5 Å². The summed E-state index contributed by atoms with van der Waals surface area (Å²) in [6.07, 6.45) is 0.714. The quantitative estimate of drug-likeness (QED) is 0.745. The van der Waals surface area contributed by atoms with Crippen LogP contribution in [-0.2, 0) is 9.59 Å². The van der Waals surface area contributed by atoms with Gasteiger partial charge in [-0.25, -0.2) is 4.39 Å². The van der Waals surface area contributed by atoms with Crippen LogP contribution in [0, 0.1) is 5.82 Å². The minimum atomic E-state index is -0.873. The number of benzene rings is 1. The van der Waals surface area contributed by atoms with Crippen LogP contribution in [0.4, 0.5) is 4.39 Å². The van der Waals surface area contributed by atoms with Gasteiger partial charge in [0.1, 0.15) is 5.82 Å². The fraction of sp³-hybridized carbons (Fsp3) is 0.429. The van der Waals surface area contributed by atoms with E-state index >= 15 is 0 Å². The van der Waals surface area contributed by atoms with Crippen LogP contribution in [-0.4, -0.2) is 23.5 Å². The zero-order valence-corrected chi connectivity index (χ0v) is 10.9. The fourth-order valence-electron chi connectivity index (χ4n) is 1.75. The largest absolute Gasteiger partial charge is 0.481 e. The van der Waals surface area contributed by atoms with Crippen molar-refractivity contribution >= 4 is 11.9 Å². The molecular weight excluding hydrogens is 249 g/mol. The predicted octanol–water partition coefficient (Wildman–Crippen LogP) is 2.30. The lowest BCUT2D eigenvalue weighted by atomic mass is 9.97. The highest BCUT2D eigenvalue weighted by Gasteiger charge is 2.11. The summed E-state index contributed by atoms with van der Waals surface area (Å²) in [6.45, 7) is 2.20. The Balaban J connectivity index is 2.34. The number of rotatable bonds is 7. The van der Waals surface area contributed by atoms with Crippen LogP contribution >= 0.6 is 0 Å². The summed E-state index contributed by atoms with van der Waals surface area (Å²) < 4.78 is 13.0. The summed E-state index contributed by atoms with van der Waals surface area (Å²) in [5, 5.41) is 11.1. The third-order valence-corrected chi connectivity index (χ3v) is 2.80. The van der Waals surface area contributed by atoms with Crippen LogP contribution in [0.1, 0.15) is 37.7 Å². The molecule has 1 aromatic rings. The van der Waals surface area contributed by atoms with Crippen molar-refractivity contribution in [2.75, 3.05) is 6.54 Å².